The Hall–Kier alpha value is -1.90. The minimum atomic E-state index is 0.931. The molecule has 0 aliphatic carbocycles. The van der Waals surface area contributed by atoms with Crippen LogP contribution in [-0.4, -0.2) is 14.6 Å². The fourth-order valence-corrected chi connectivity index (χ4v) is 1.80. The monoisotopic (exact) mass is 183 g/mol. The van der Waals surface area contributed by atoms with Crippen molar-refractivity contribution in [3.63, 3.8) is 0 Å². The van der Waals surface area contributed by atoms with Crippen molar-refractivity contribution in [2.45, 2.75) is 6.92 Å². The van der Waals surface area contributed by atoms with E-state index >= 15 is 0 Å². The number of nitrogens with zero attached hydrogens (tertiary/aromatic N) is 3. The maximum Gasteiger partial charge on any atom is 0.163 e. The van der Waals surface area contributed by atoms with Crippen LogP contribution in [0.3, 0.4) is 0 Å². The highest BCUT2D eigenvalue weighted by atomic mass is 15.3. The van der Waals surface area contributed by atoms with Crippen molar-refractivity contribution in [1.82, 2.24) is 14.6 Å². The van der Waals surface area contributed by atoms with Gasteiger partial charge in [-0.05, 0) is 18.4 Å². The van der Waals surface area contributed by atoms with Gasteiger partial charge in [-0.25, -0.2) is 9.50 Å². The van der Waals surface area contributed by atoms with Gasteiger partial charge in [-0.1, -0.05) is 24.3 Å². The van der Waals surface area contributed by atoms with Crippen LogP contribution >= 0.6 is 0 Å². The van der Waals surface area contributed by atoms with Gasteiger partial charge in [0.05, 0.1) is 0 Å². The number of benzene rings is 1. The average Bonchev–Trinajstić information content (AvgIpc) is 2.67. The molecule has 68 valence electrons. The predicted molar refractivity (Wildman–Crippen MR) is 55.2 cm³/mol. The van der Waals surface area contributed by atoms with E-state index in [4.69, 9.17) is 0 Å². The molecule has 0 saturated heterocycles. The summed E-state index contributed by atoms with van der Waals surface area (Å²) in [5.41, 5.74) is 2.04. The second-order valence-corrected chi connectivity index (χ2v) is 3.37. The van der Waals surface area contributed by atoms with Crippen LogP contribution in [-0.2, 0) is 0 Å². The Balaban J connectivity index is 2.66. The van der Waals surface area contributed by atoms with E-state index in [1.54, 1.807) is 6.33 Å². The summed E-state index contributed by atoms with van der Waals surface area (Å²) in [5, 5.41) is 6.54. The summed E-state index contributed by atoms with van der Waals surface area (Å²) in [7, 11) is 0. The minimum Gasteiger partial charge on any atom is -0.218 e. The Morgan fingerprint density at radius 2 is 2.07 bits per heavy atom. The van der Waals surface area contributed by atoms with Crippen LogP contribution in [0.5, 0.6) is 0 Å². The number of rotatable bonds is 0. The van der Waals surface area contributed by atoms with Crippen LogP contribution in [0.25, 0.3) is 16.4 Å². The molecule has 2 heterocycles. The highest BCUT2D eigenvalue weighted by Crippen LogP contribution is 2.19. The predicted octanol–water partition coefficient (Wildman–Crippen LogP) is 2.19. The van der Waals surface area contributed by atoms with Crippen LogP contribution in [0.1, 0.15) is 5.69 Å². The zero-order chi connectivity index (χ0) is 9.54. The molecule has 0 aliphatic rings. The van der Waals surface area contributed by atoms with Crippen molar-refractivity contribution >= 4 is 16.4 Å². The first-order valence-corrected chi connectivity index (χ1v) is 4.54. The van der Waals surface area contributed by atoms with Crippen molar-refractivity contribution in [1.29, 1.82) is 0 Å². The highest BCUT2D eigenvalue weighted by Gasteiger charge is 2.03. The van der Waals surface area contributed by atoms with Gasteiger partial charge >= 0.3 is 0 Å². The standard InChI is InChI=1S/C11H9N3/c1-8-6-9-4-2-3-5-10(9)11-12-7-13-14(8)11/h2-7H,1H3. The lowest BCUT2D eigenvalue weighted by Gasteiger charge is -2.02. The molecular formula is C11H9N3. The number of hydrogen-bond donors (Lipinski definition) is 0. The first kappa shape index (κ1) is 7.50. The number of hydrogen-bond acceptors (Lipinski definition) is 2. The summed E-state index contributed by atoms with van der Waals surface area (Å²) in [6.07, 6.45) is 1.59. The number of aryl methyl sites for hydroxylation is 1. The summed E-state index contributed by atoms with van der Waals surface area (Å²) >= 11 is 0. The molecule has 3 rings (SSSR count). The zero-order valence-electron chi connectivity index (χ0n) is 7.81. The molecule has 0 aliphatic heterocycles. The minimum absolute atomic E-state index is 0.931. The fourth-order valence-electron chi connectivity index (χ4n) is 1.80. The normalized spacial score (nSPS) is 11.2. The van der Waals surface area contributed by atoms with E-state index in [1.807, 2.05) is 23.6 Å². The van der Waals surface area contributed by atoms with Gasteiger partial charge in [-0.2, -0.15) is 5.10 Å². The third kappa shape index (κ3) is 0.865. The first-order chi connectivity index (χ1) is 6.86. The van der Waals surface area contributed by atoms with E-state index in [2.05, 4.69) is 28.3 Å². The molecule has 0 bridgehead atoms. The SMILES string of the molecule is Cc1cc2ccccc2c2ncnn12. The largest absolute Gasteiger partial charge is 0.218 e. The lowest BCUT2D eigenvalue weighted by molar-refractivity contribution is 0.920. The molecule has 0 N–H and O–H groups in total. The molecule has 0 atom stereocenters. The molecule has 2 aromatic heterocycles. The topological polar surface area (TPSA) is 30.2 Å². The lowest BCUT2D eigenvalue weighted by atomic mass is 10.1. The van der Waals surface area contributed by atoms with Crippen molar-refractivity contribution in [2.75, 3.05) is 0 Å². The summed E-state index contributed by atoms with van der Waals surface area (Å²) in [5.74, 6) is 0. The molecule has 3 heteroatoms. The molecule has 3 nitrogen and oxygen atoms in total. The lowest BCUT2D eigenvalue weighted by Crippen LogP contribution is -1.93. The van der Waals surface area contributed by atoms with Crippen LogP contribution in [0, 0.1) is 6.92 Å². The molecule has 14 heavy (non-hydrogen) atoms. The summed E-state index contributed by atoms with van der Waals surface area (Å²) in [6.45, 7) is 2.04. The third-order valence-electron chi connectivity index (χ3n) is 2.45. The molecule has 3 aromatic rings. The van der Waals surface area contributed by atoms with E-state index in [1.165, 1.54) is 5.39 Å². The Kier molecular flexibility index (Phi) is 1.36. The Morgan fingerprint density at radius 3 is 3.00 bits per heavy atom. The van der Waals surface area contributed by atoms with Gasteiger partial charge < -0.3 is 0 Å². The van der Waals surface area contributed by atoms with E-state index in [0.717, 1.165) is 16.7 Å². The summed E-state index contributed by atoms with van der Waals surface area (Å²) in [4.78, 5) is 4.26. The summed E-state index contributed by atoms with van der Waals surface area (Å²) < 4.78 is 1.86. The molecule has 0 amide bonds. The van der Waals surface area contributed by atoms with E-state index in [-0.39, 0.29) is 0 Å². The maximum atomic E-state index is 4.26. The van der Waals surface area contributed by atoms with Gasteiger partial charge in [-0.15, -0.1) is 0 Å². The van der Waals surface area contributed by atoms with E-state index < -0.39 is 0 Å². The quantitative estimate of drug-likeness (QED) is 0.534. The Bertz CT molecular complexity index is 610. The van der Waals surface area contributed by atoms with Gasteiger partial charge in [0.1, 0.15) is 6.33 Å². The third-order valence-corrected chi connectivity index (χ3v) is 2.45. The number of fused-ring (bicyclic) bond motifs is 3. The second kappa shape index (κ2) is 2.54. The average molecular weight is 183 g/mol. The van der Waals surface area contributed by atoms with Crippen LogP contribution in [0.4, 0.5) is 0 Å². The number of aromatic nitrogens is 3. The molecular weight excluding hydrogens is 174 g/mol. The van der Waals surface area contributed by atoms with Crippen molar-refractivity contribution in [3.8, 4) is 0 Å². The Morgan fingerprint density at radius 1 is 1.21 bits per heavy atom. The Labute approximate surface area is 81.0 Å². The van der Waals surface area contributed by atoms with Crippen molar-refractivity contribution < 1.29 is 0 Å². The van der Waals surface area contributed by atoms with Crippen LogP contribution < -0.4 is 0 Å². The zero-order valence-corrected chi connectivity index (χ0v) is 7.81. The highest BCUT2D eigenvalue weighted by molar-refractivity contribution is 5.93. The van der Waals surface area contributed by atoms with E-state index in [0.29, 0.717) is 0 Å². The van der Waals surface area contributed by atoms with E-state index in [9.17, 15) is 0 Å². The number of pyridine rings is 1. The maximum absolute atomic E-state index is 4.26. The van der Waals surface area contributed by atoms with Gasteiger partial charge in [0.2, 0.25) is 0 Å². The molecule has 1 aromatic carbocycles. The summed E-state index contributed by atoms with van der Waals surface area (Å²) in [6, 6.07) is 10.3. The first-order valence-electron chi connectivity index (χ1n) is 4.54. The van der Waals surface area contributed by atoms with Gasteiger partial charge in [0, 0.05) is 11.1 Å². The second-order valence-electron chi connectivity index (χ2n) is 3.37. The van der Waals surface area contributed by atoms with Gasteiger partial charge in [0.15, 0.2) is 5.65 Å². The fraction of sp³-hybridized carbons (Fsp3) is 0.0909. The molecule has 0 radical (unpaired) electrons. The molecule has 0 saturated carbocycles. The van der Waals surface area contributed by atoms with Crippen molar-refractivity contribution in [3.05, 3.63) is 42.4 Å². The van der Waals surface area contributed by atoms with Crippen LogP contribution in [0.15, 0.2) is 36.7 Å². The molecule has 0 unspecified atom stereocenters. The van der Waals surface area contributed by atoms with Crippen molar-refractivity contribution in [2.24, 2.45) is 0 Å². The molecule has 0 spiro atoms. The van der Waals surface area contributed by atoms with Gasteiger partial charge in [0.25, 0.3) is 0 Å². The molecule has 0 fully saturated rings. The van der Waals surface area contributed by atoms with Gasteiger partial charge in [-0.3, -0.25) is 0 Å². The van der Waals surface area contributed by atoms with Crippen LogP contribution in [0.2, 0.25) is 0 Å². The smallest absolute Gasteiger partial charge is 0.163 e.